The highest BCUT2D eigenvalue weighted by Crippen LogP contribution is 2.33. The third kappa shape index (κ3) is 3.45. The second-order valence-electron chi connectivity index (χ2n) is 5.85. The van der Waals surface area contributed by atoms with Gasteiger partial charge < -0.3 is 20.5 Å². The van der Waals surface area contributed by atoms with Crippen LogP contribution in [-0.2, 0) is 6.42 Å². The summed E-state index contributed by atoms with van der Waals surface area (Å²) in [6.07, 6.45) is 2.24. The molecule has 24 heavy (non-hydrogen) atoms. The first kappa shape index (κ1) is 16.2. The Hall–Kier alpha value is -2.69. The Morgan fingerprint density at radius 3 is 2.83 bits per heavy atom. The number of rotatable bonds is 5. The van der Waals surface area contributed by atoms with Crippen molar-refractivity contribution in [2.24, 2.45) is 10.7 Å². The number of benzene rings is 2. The highest BCUT2D eigenvalue weighted by atomic mass is 16.5. The van der Waals surface area contributed by atoms with E-state index in [0.29, 0.717) is 24.2 Å². The molecule has 0 fully saturated rings. The van der Waals surface area contributed by atoms with Crippen LogP contribution in [0.1, 0.15) is 23.5 Å². The number of hydrogen-bond acceptors (Lipinski definition) is 3. The Labute approximate surface area is 142 Å². The lowest BCUT2D eigenvalue weighted by molar-refractivity contribution is 0.405. The van der Waals surface area contributed by atoms with E-state index in [9.17, 15) is 0 Å². The maximum atomic E-state index is 6.06. The first-order valence-electron chi connectivity index (χ1n) is 8.08. The molecule has 0 aromatic heterocycles. The van der Waals surface area contributed by atoms with Crippen LogP contribution in [-0.4, -0.2) is 26.7 Å². The summed E-state index contributed by atoms with van der Waals surface area (Å²) in [6.45, 7) is 0.683. The summed E-state index contributed by atoms with van der Waals surface area (Å²) in [5.74, 6) is 2.25. The van der Waals surface area contributed by atoms with Gasteiger partial charge in [-0.05, 0) is 36.1 Å². The summed E-state index contributed by atoms with van der Waals surface area (Å²) < 4.78 is 10.6. The minimum atomic E-state index is 0.380. The highest BCUT2D eigenvalue weighted by Gasteiger charge is 2.21. The molecule has 5 nitrogen and oxygen atoms in total. The minimum Gasteiger partial charge on any atom is -0.497 e. The third-order valence-electron chi connectivity index (χ3n) is 4.41. The summed E-state index contributed by atoms with van der Waals surface area (Å²) in [5, 5.41) is 3.11. The number of nitrogens with one attached hydrogen (secondary N) is 1. The molecule has 0 bridgehead atoms. The lowest BCUT2D eigenvalue weighted by atomic mass is 10.0. The van der Waals surface area contributed by atoms with Crippen molar-refractivity contribution in [1.29, 1.82) is 0 Å². The van der Waals surface area contributed by atoms with Crippen molar-refractivity contribution in [1.82, 2.24) is 0 Å². The van der Waals surface area contributed by atoms with Crippen molar-refractivity contribution in [3.63, 3.8) is 0 Å². The van der Waals surface area contributed by atoms with E-state index in [1.54, 1.807) is 14.2 Å². The molecule has 0 spiro atoms. The molecule has 2 aromatic rings. The van der Waals surface area contributed by atoms with Crippen molar-refractivity contribution >= 4 is 11.6 Å². The average molecular weight is 325 g/mol. The molecule has 1 atom stereocenters. The first-order chi connectivity index (χ1) is 11.7. The summed E-state index contributed by atoms with van der Waals surface area (Å²) in [6, 6.07) is 14.1. The standard InChI is InChI=1S/C19H23N3O2/c1-23-15-9-10-18(24-2)17(11-15)22-19(20)21-12-14-8-7-13-5-3-4-6-16(13)14/h3-6,9-11,14H,7-8,12H2,1-2H3,(H3,20,21,22). The van der Waals surface area contributed by atoms with Gasteiger partial charge in [0.2, 0.25) is 0 Å². The van der Waals surface area contributed by atoms with Crippen molar-refractivity contribution in [3.05, 3.63) is 53.6 Å². The maximum Gasteiger partial charge on any atom is 0.193 e. The topological polar surface area (TPSA) is 68.9 Å². The van der Waals surface area contributed by atoms with Crippen molar-refractivity contribution in [3.8, 4) is 11.5 Å². The van der Waals surface area contributed by atoms with E-state index in [4.69, 9.17) is 15.2 Å². The van der Waals surface area contributed by atoms with E-state index in [1.807, 2.05) is 18.2 Å². The van der Waals surface area contributed by atoms with Crippen LogP contribution in [0.2, 0.25) is 0 Å². The van der Waals surface area contributed by atoms with Gasteiger partial charge in [0.15, 0.2) is 5.96 Å². The zero-order valence-electron chi connectivity index (χ0n) is 14.1. The molecule has 0 saturated carbocycles. The van der Waals surface area contributed by atoms with Crippen LogP contribution in [0.15, 0.2) is 47.5 Å². The number of guanidine groups is 1. The lowest BCUT2D eigenvalue weighted by Crippen LogP contribution is -2.23. The Morgan fingerprint density at radius 2 is 2.04 bits per heavy atom. The number of methoxy groups -OCH3 is 2. The highest BCUT2D eigenvalue weighted by molar-refractivity contribution is 5.94. The van der Waals surface area contributed by atoms with Crippen LogP contribution in [0.4, 0.5) is 5.69 Å². The molecule has 3 rings (SSSR count). The van der Waals surface area contributed by atoms with Gasteiger partial charge in [-0.2, -0.15) is 0 Å². The van der Waals surface area contributed by atoms with E-state index in [1.165, 1.54) is 11.1 Å². The predicted octanol–water partition coefficient (Wildman–Crippen LogP) is 3.16. The molecule has 1 aliphatic carbocycles. The van der Waals surface area contributed by atoms with Gasteiger partial charge >= 0.3 is 0 Å². The number of nitrogens with zero attached hydrogens (tertiary/aromatic N) is 1. The van der Waals surface area contributed by atoms with Gasteiger partial charge in [0.25, 0.3) is 0 Å². The van der Waals surface area contributed by atoms with E-state index in [2.05, 4.69) is 34.6 Å². The second kappa shape index (κ2) is 7.25. The van der Waals surface area contributed by atoms with Crippen LogP contribution in [0.25, 0.3) is 0 Å². The van der Waals surface area contributed by atoms with Crippen molar-refractivity contribution in [2.45, 2.75) is 18.8 Å². The minimum absolute atomic E-state index is 0.380. The molecule has 0 heterocycles. The van der Waals surface area contributed by atoms with E-state index in [-0.39, 0.29) is 0 Å². The molecule has 1 unspecified atom stereocenters. The van der Waals surface area contributed by atoms with Gasteiger partial charge in [0, 0.05) is 18.5 Å². The van der Waals surface area contributed by atoms with Gasteiger partial charge in [0.05, 0.1) is 19.9 Å². The van der Waals surface area contributed by atoms with Gasteiger partial charge in [-0.1, -0.05) is 24.3 Å². The van der Waals surface area contributed by atoms with E-state index in [0.717, 1.165) is 24.3 Å². The van der Waals surface area contributed by atoms with Crippen LogP contribution in [0.5, 0.6) is 11.5 Å². The Bertz CT molecular complexity index is 743. The van der Waals surface area contributed by atoms with Gasteiger partial charge in [-0.25, -0.2) is 0 Å². The normalized spacial score (nSPS) is 16.6. The monoisotopic (exact) mass is 325 g/mol. The fraction of sp³-hybridized carbons (Fsp3) is 0.316. The summed E-state index contributed by atoms with van der Waals surface area (Å²) in [4.78, 5) is 4.52. The summed E-state index contributed by atoms with van der Waals surface area (Å²) in [5.41, 5.74) is 9.63. The van der Waals surface area contributed by atoms with E-state index >= 15 is 0 Å². The van der Waals surface area contributed by atoms with Crippen LogP contribution in [0.3, 0.4) is 0 Å². The molecule has 5 heteroatoms. The molecule has 126 valence electrons. The second-order valence-corrected chi connectivity index (χ2v) is 5.85. The van der Waals surface area contributed by atoms with Crippen molar-refractivity contribution < 1.29 is 9.47 Å². The molecule has 0 radical (unpaired) electrons. The van der Waals surface area contributed by atoms with Crippen LogP contribution >= 0.6 is 0 Å². The number of aryl methyl sites for hydroxylation is 1. The molecule has 0 amide bonds. The zero-order chi connectivity index (χ0) is 16.9. The quantitative estimate of drug-likeness (QED) is 0.654. The summed E-state index contributed by atoms with van der Waals surface area (Å²) in [7, 11) is 3.25. The smallest absolute Gasteiger partial charge is 0.193 e. The zero-order valence-corrected chi connectivity index (χ0v) is 14.1. The Balaban J connectivity index is 1.69. The molecular weight excluding hydrogens is 302 g/mol. The number of ether oxygens (including phenoxy) is 2. The maximum absolute atomic E-state index is 6.06. The largest absolute Gasteiger partial charge is 0.497 e. The molecule has 0 saturated heterocycles. The first-order valence-corrected chi connectivity index (χ1v) is 8.08. The van der Waals surface area contributed by atoms with Gasteiger partial charge in [-0.15, -0.1) is 0 Å². The van der Waals surface area contributed by atoms with Crippen LogP contribution in [0, 0.1) is 0 Å². The molecule has 1 aliphatic rings. The van der Waals surface area contributed by atoms with Crippen LogP contribution < -0.4 is 20.5 Å². The number of hydrogen-bond donors (Lipinski definition) is 2. The fourth-order valence-electron chi connectivity index (χ4n) is 3.13. The molecule has 3 N–H and O–H groups in total. The number of anilines is 1. The number of nitrogens with two attached hydrogens (primary N) is 1. The van der Waals surface area contributed by atoms with Crippen molar-refractivity contribution in [2.75, 3.05) is 26.1 Å². The lowest BCUT2D eigenvalue weighted by Gasteiger charge is -2.13. The molecule has 0 aliphatic heterocycles. The van der Waals surface area contributed by atoms with E-state index < -0.39 is 0 Å². The summed E-state index contributed by atoms with van der Waals surface area (Å²) >= 11 is 0. The Kier molecular flexibility index (Phi) is 4.89. The van der Waals surface area contributed by atoms with Gasteiger partial charge in [0.1, 0.15) is 11.5 Å². The Morgan fingerprint density at radius 1 is 1.21 bits per heavy atom. The fourth-order valence-corrected chi connectivity index (χ4v) is 3.13. The van der Waals surface area contributed by atoms with Gasteiger partial charge in [-0.3, -0.25) is 4.99 Å². The SMILES string of the molecule is COc1ccc(OC)c(NC(N)=NCC2CCc3ccccc32)c1. The third-order valence-corrected chi connectivity index (χ3v) is 4.41. The number of aliphatic imine (C=N–C) groups is 1. The number of fused-ring (bicyclic) bond motifs is 1. The molecule has 2 aromatic carbocycles. The predicted molar refractivity (Wildman–Crippen MR) is 97.2 cm³/mol. The average Bonchev–Trinajstić information content (AvgIpc) is 3.03. The molecular formula is C19H23N3O2.